The zero-order valence-electron chi connectivity index (χ0n) is 14.7. The van der Waals surface area contributed by atoms with Gasteiger partial charge in [0, 0.05) is 19.3 Å². The van der Waals surface area contributed by atoms with Crippen LogP contribution in [0, 0.1) is 0 Å². The molecule has 0 saturated carbocycles. The van der Waals surface area contributed by atoms with Gasteiger partial charge in [-0.25, -0.2) is 9.97 Å². The molecule has 3 aromatic heterocycles. The van der Waals surface area contributed by atoms with E-state index in [4.69, 9.17) is 0 Å². The van der Waals surface area contributed by atoms with Crippen molar-refractivity contribution < 1.29 is 4.79 Å². The van der Waals surface area contributed by atoms with Crippen LogP contribution in [0.15, 0.2) is 61.6 Å². The minimum absolute atomic E-state index is 0.147. The maximum atomic E-state index is 12.3. The van der Waals surface area contributed by atoms with Gasteiger partial charge in [0.1, 0.15) is 18.2 Å². The number of hydrogen-bond donors (Lipinski definition) is 1. The fourth-order valence-electron chi connectivity index (χ4n) is 2.87. The Hall–Kier alpha value is -3.55. The fraction of sp³-hybridized carbons (Fsp3) is 0.211. The van der Waals surface area contributed by atoms with Gasteiger partial charge >= 0.3 is 0 Å². The van der Waals surface area contributed by atoms with Crippen molar-refractivity contribution in [2.75, 3.05) is 6.54 Å². The summed E-state index contributed by atoms with van der Waals surface area (Å²) >= 11 is 0. The van der Waals surface area contributed by atoms with Crippen molar-refractivity contribution in [1.82, 2.24) is 34.6 Å². The molecule has 0 unspecified atom stereocenters. The number of hydrogen-bond acceptors (Lipinski definition) is 5. The number of aryl methyl sites for hydroxylation is 1. The monoisotopic (exact) mass is 361 g/mol. The molecule has 0 aliphatic rings. The third-order valence-electron chi connectivity index (χ3n) is 4.26. The second-order valence-corrected chi connectivity index (χ2v) is 6.23. The van der Waals surface area contributed by atoms with Gasteiger partial charge in [0.2, 0.25) is 0 Å². The molecule has 0 atom stereocenters. The molecule has 0 aliphatic carbocycles. The number of fused-ring (bicyclic) bond motifs is 1. The first-order chi connectivity index (χ1) is 13.3. The second-order valence-electron chi connectivity index (χ2n) is 6.23. The highest BCUT2D eigenvalue weighted by molar-refractivity contribution is 5.96. The Morgan fingerprint density at radius 2 is 1.85 bits per heavy atom. The van der Waals surface area contributed by atoms with Crippen LogP contribution in [-0.4, -0.2) is 41.8 Å². The highest BCUT2D eigenvalue weighted by Crippen LogP contribution is 2.14. The Morgan fingerprint density at radius 3 is 2.67 bits per heavy atom. The molecular weight excluding hydrogens is 342 g/mol. The zero-order valence-corrected chi connectivity index (χ0v) is 14.7. The fourth-order valence-corrected chi connectivity index (χ4v) is 2.87. The highest BCUT2D eigenvalue weighted by atomic mass is 16.1. The standard InChI is InChI=1S/C19H19N7O/c27-19(20-7-4-8-25-13-23-24-14-25)16-9-17-18(21-10-16)26(12-22-17)11-15-5-2-1-3-6-15/h1-3,5-6,9-10,12-14H,4,7-8,11H2,(H,20,27). The van der Waals surface area contributed by atoms with Crippen LogP contribution >= 0.6 is 0 Å². The van der Waals surface area contributed by atoms with Gasteiger partial charge in [-0.1, -0.05) is 30.3 Å². The number of benzene rings is 1. The lowest BCUT2D eigenvalue weighted by molar-refractivity contribution is 0.0952. The largest absolute Gasteiger partial charge is 0.352 e. The van der Waals surface area contributed by atoms with Crippen LogP contribution in [0.2, 0.25) is 0 Å². The van der Waals surface area contributed by atoms with Crippen LogP contribution < -0.4 is 5.32 Å². The number of imidazole rings is 1. The molecule has 8 heteroatoms. The van der Waals surface area contributed by atoms with Crippen molar-refractivity contribution in [3.05, 3.63) is 72.7 Å². The topological polar surface area (TPSA) is 90.5 Å². The van der Waals surface area contributed by atoms with Crippen molar-refractivity contribution in [3.8, 4) is 0 Å². The summed E-state index contributed by atoms with van der Waals surface area (Å²) in [6.07, 6.45) is 7.47. The molecule has 0 fully saturated rings. The molecule has 8 nitrogen and oxygen atoms in total. The van der Waals surface area contributed by atoms with Gasteiger partial charge in [0.05, 0.1) is 18.4 Å². The summed E-state index contributed by atoms with van der Waals surface area (Å²) in [5.41, 5.74) is 3.16. The van der Waals surface area contributed by atoms with Gasteiger partial charge in [0.15, 0.2) is 5.65 Å². The summed E-state index contributed by atoms with van der Waals surface area (Å²) in [5, 5.41) is 10.4. The molecular formula is C19H19N7O. The minimum Gasteiger partial charge on any atom is -0.352 e. The van der Waals surface area contributed by atoms with Gasteiger partial charge in [-0.3, -0.25) is 4.79 Å². The van der Waals surface area contributed by atoms with Crippen LogP contribution in [0.3, 0.4) is 0 Å². The Kier molecular flexibility index (Phi) is 4.86. The van der Waals surface area contributed by atoms with Crippen LogP contribution in [0.1, 0.15) is 22.3 Å². The molecule has 0 radical (unpaired) electrons. The summed E-state index contributed by atoms with van der Waals surface area (Å²) in [7, 11) is 0. The minimum atomic E-state index is -0.147. The summed E-state index contributed by atoms with van der Waals surface area (Å²) in [5.74, 6) is -0.147. The van der Waals surface area contributed by atoms with E-state index in [1.165, 1.54) is 5.56 Å². The summed E-state index contributed by atoms with van der Waals surface area (Å²) in [6, 6.07) is 11.9. The van der Waals surface area contributed by atoms with Crippen molar-refractivity contribution in [1.29, 1.82) is 0 Å². The molecule has 3 heterocycles. The average Bonchev–Trinajstić information content (AvgIpc) is 3.36. The molecule has 1 N–H and O–H groups in total. The lowest BCUT2D eigenvalue weighted by Crippen LogP contribution is -2.25. The van der Waals surface area contributed by atoms with Crippen LogP contribution in [0.5, 0.6) is 0 Å². The second kappa shape index (κ2) is 7.77. The maximum absolute atomic E-state index is 12.3. The molecule has 136 valence electrons. The maximum Gasteiger partial charge on any atom is 0.252 e. The molecule has 27 heavy (non-hydrogen) atoms. The summed E-state index contributed by atoms with van der Waals surface area (Å²) in [6.45, 7) is 2.02. The number of carbonyl (C=O) groups excluding carboxylic acids is 1. The third-order valence-corrected chi connectivity index (χ3v) is 4.26. The Balaban J connectivity index is 1.38. The lowest BCUT2D eigenvalue weighted by atomic mass is 10.2. The highest BCUT2D eigenvalue weighted by Gasteiger charge is 2.10. The first-order valence-electron chi connectivity index (χ1n) is 8.75. The van der Waals surface area contributed by atoms with Crippen molar-refractivity contribution in [3.63, 3.8) is 0 Å². The predicted octanol–water partition coefficient (Wildman–Crippen LogP) is 1.89. The van der Waals surface area contributed by atoms with E-state index in [0.29, 0.717) is 24.2 Å². The zero-order chi connectivity index (χ0) is 18.5. The van der Waals surface area contributed by atoms with E-state index in [-0.39, 0.29) is 5.91 Å². The first-order valence-corrected chi connectivity index (χ1v) is 8.75. The quantitative estimate of drug-likeness (QED) is 0.508. The molecule has 1 amide bonds. The number of amides is 1. The number of rotatable bonds is 7. The number of nitrogens with zero attached hydrogens (tertiary/aromatic N) is 6. The SMILES string of the molecule is O=C(NCCCn1cnnc1)c1cnc2c(c1)ncn2Cc1ccccc1. The Labute approximate surface area is 155 Å². The molecule has 0 spiro atoms. The van der Waals surface area contributed by atoms with E-state index in [9.17, 15) is 4.79 Å². The number of aromatic nitrogens is 6. The van der Waals surface area contributed by atoms with Crippen LogP contribution in [0.4, 0.5) is 0 Å². The Morgan fingerprint density at radius 1 is 1.04 bits per heavy atom. The number of carbonyl (C=O) groups is 1. The van der Waals surface area contributed by atoms with E-state index in [1.807, 2.05) is 27.3 Å². The summed E-state index contributed by atoms with van der Waals surface area (Å²) < 4.78 is 3.85. The first kappa shape index (κ1) is 16.9. The number of nitrogens with one attached hydrogen (secondary N) is 1. The van der Waals surface area contributed by atoms with Crippen molar-refractivity contribution >= 4 is 17.1 Å². The van der Waals surface area contributed by atoms with E-state index in [1.54, 1.807) is 31.2 Å². The van der Waals surface area contributed by atoms with Gasteiger partial charge in [-0.15, -0.1) is 10.2 Å². The van der Waals surface area contributed by atoms with Crippen LogP contribution in [-0.2, 0) is 13.1 Å². The van der Waals surface area contributed by atoms with Gasteiger partial charge in [-0.2, -0.15) is 0 Å². The van der Waals surface area contributed by atoms with Gasteiger partial charge in [-0.05, 0) is 18.1 Å². The van der Waals surface area contributed by atoms with E-state index < -0.39 is 0 Å². The molecule has 0 aliphatic heterocycles. The third kappa shape index (κ3) is 4.00. The van der Waals surface area contributed by atoms with Crippen LogP contribution in [0.25, 0.3) is 11.2 Å². The normalized spacial score (nSPS) is 11.0. The molecule has 0 bridgehead atoms. The van der Waals surface area contributed by atoms with E-state index in [0.717, 1.165) is 18.6 Å². The average molecular weight is 361 g/mol. The Bertz CT molecular complexity index is 1020. The molecule has 4 aromatic rings. The van der Waals surface area contributed by atoms with E-state index in [2.05, 4.69) is 37.6 Å². The lowest BCUT2D eigenvalue weighted by Gasteiger charge is -2.06. The molecule has 1 aromatic carbocycles. The van der Waals surface area contributed by atoms with Crippen molar-refractivity contribution in [2.24, 2.45) is 0 Å². The van der Waals surface area contributed by atoms with Gasteiger partial charge in [0.25, 0.3) is 5.91 Å². The van der Waals surface area contributed by atoms with E-state index >= 15 is 0 Å². The van der Waals surface area contributed by atoms with Crippen molar-refractivity contribution in [2.45, 2.75) is 19.5 Å². The number of pyridine rings is 1. The van der Waals surface area contributed by atoms with Gasteiger partial charge < -0.3 is 14.5 Å². The smallest absolute Gasteiger partial charge is 0.252 e. The molecule has 4 rings (SSSR count). The predicted molar refractivity (Wildman–Crippen MR) is 100 cm³/mol. The summed E-state index contributed by atoms with van der Waals surface area (Å²) in [4.78, 5) is 21.2. The molecule has 0 saturated heterocycles.